The third kappa shape index (κ3) is 1.70. The van der Waals surface area contributed by atoms with E-state index in [-0.39, 0.29) is 11.6 Å². The standard InChI is InChI=1S/C14H13BrFNO/c15-6-7-17-12-5-4-9(16)8-11(12)10-2-1-3-13(18)14(10)17/h4-5,8H,1-3,6-7H2. The van der Waals surface area contributed by atoms with Gasteiger partial charge in [-0.1, -0.05) is 15.9 Å². The van der Waals surface area contributed by atoms with Gasteiger partial charge in [-0.3, -0.25) is 4.79 Å². The largest absolute Gasteiger partial charge is 0.337 e. The van der Waals surface area contributed by atoms with Gasteiger partial charge in [0.05, 0.1) is 5.69 Å². The van der Waals surface area contributed by atoms with Gasteiger partial charge in [0.2, 0.25) is 0 Å². The second-order valence-corrected chi connectivity index (χ2v) is 5.40. The van der Waals surface area contributed by atoms with E-state index in [1.807, 2.05) is 4.57 Å². The molecule has 0 fully saturated rings. The van der Waals surface area contributed by atoms with E-state index >= 15 is 0 Å². The van der Waals surface area contributed by atoms with Crippen LogP contribution in [0.15, 0.2) is 18.2 Å². The van der Waals surface area contributed by atoms with Gasteiger partial charge < -0.3 is 4.57 Å². The zero-order valence-electron chi connectivity index (χ0n) is 9.88. The molecule has 3 rings (SSSR count). The fraction of sp³-hybridized carbons (Fsp3) is 0.357. The van der Waals surface area contributed by atoms with Crippen LogP contribution in [0.1, 0.15) is 28.9 Å². The van der Waals surface area contributed by atoms with Gasteiger partial charge in [-0.2, -0.15) is 0 Å². The number of hydrogen-bond donors (Lipinski definition) is 0. The molecule has 4 heteroatoms. The fourth-order valence-electron chi connectivity index (χ4n) is 2.83. The van der Waals surface area contributed by atoms with Crippen LogP contribution in [0.3, 0.4) is 0 Å². The quantitative estimate of drug-likeness (QED) is 0.775. The average molecular weight is 310 g/mol. The highest BCUT2D eigenvalue weighted by Gasteiger charge is 2.25. The molecule has 2 nitrogen and oxygen atoms in total. The Labute approximate surface area is 113 Å². The van der Waals surface area contributed by atoms with Crippen molar-refractivity contribution in [1.82, 2.24) is 4.57 Å². The normalized spacial score (nSPS) is 15.1. The number of halogens is 2. The lowest BCUT2D eigenvalue weighted by molar-refractivity contribution is 0.0964. The molecule has 0 saturated heterocycles. The van der Waals surface area contributed by atoms with Crippen LogP contribution >= 0.6 is 15.9 Å². The number of nitrogens with zero attached hydrogens (tertiary/aromatic N) is 1. The van der Waals surface area contributed by atoms with Crippen molar-refractivity contribution in [3.63, 3.8) is 0 Å². The third-order valence-electron chi connectivity index (χ3n) is 3.53. The van der Waals surface area contributed by atoms with Crippen molar-refractivity contribution >= 4 is 32.6 Å². The van der Waals surface area contributed by atoms with Crippen molar-refractivity contribution in [3.8, 4) is 0 Å². The Bertz CT molecular complexity index is 632. The Morgan fingerprint density at radius 1 is 1.33 bits per heavy atom. The predicted octanol–water partition coefficient (Wildman–Crippen LogP) is 3.69. The SMILES string of the molecule is O=C1CCCc2c1n(CCBr)c1ccc(F)cc21. The van der Waals surface area contributed by atoms with E-state index < -0.39 is 0 Å². The molecular formula is C14H13BrFNO. The number of aryl methyl sites for hydroxylation is 2. The monoisotopic (exact) mass is 309 g/mol. The molecule has 0 radical (unpaired) electrons. The van der Waals surface area contributed by atoms with Crippen LogP contribution in [0, 0.1) is 5.82 Å². The molecule has 1 aromatic carbocycles. The van der Waals surface area contributed by atoms with E-state index in [1.54, 1.807) is 12.1 Å². The number of fused-ring (bicyclic) bond motifs is 3. The van der Waals surface area contributed by atoms with E-state index in [0.29, 0.717) is 6.42 Å². The molecule has 94 valence electrons. The summed E-state index contributed by atoms with van der Waals surface area (Å²) in [6.45, 7) is 0.739. The Balaban J connectivity index is 2.35. The first kappa shape index (κ1) is 11.9. The molecule has 1 aliphatic carbocycles. The number of benzene rings is 1. The van der Waals surface area contributed by atoms with Crippen LogP contribution in [0.2, 0.25) is 0 Å². The van der Waals surface area contributed by atoms with Crippen molar-refractivity contribution < 1.29 is 9.18 Å². The zero-order chi connectivity index (χ0) is 12.7. The van der Waals surface area contributed by atoms with E-state index in [4.69, 9.17) is 0 Å². The van der Waals surface area contributed by atoms with Crippen molar-refractivity contribution in [2.75, 3.05) is 5.33 Å². The summed E-state index contributed by atoms with van der Waals surface area (Å²) < 4.78 is 15.4. The van der Waals surface area contributed by atoms with Gasteiger partial charge in [-0.15, -0.1) is 0 Å². The van der Waals surface area contributed by atoms with E-state index in [2.05, 4.69) is 15.9 Å². The minimum absolute atomic E-state index is 0.189. The molecule has 1 heterocycles. The number of carbonyl (C=O) groups excluding carboxylic acids is 1. The Morgan fingerprint density at radius 2 is 2.17 bits per heavy atom. The number of alkyl halides is 1. The first-order chi connectivity index (χ1) is 8.72. The summed E-state index contributed by atoms with van der Waals surface area (Å²) in [5.41, 5.74) is 2.79. The molecule has 1 aromatic heterocycles. The van der Waals surface area contributed by atoms with Crippen molar-refractivity contribution in [1.29, 1.82) is 0 Å². The second-order valence-electron chi connectivity index (χ2n) is 4.61. The van der Waals surface area contributed by atoms with Gasteiger partial charge in [0, 0.05) is 29.2 Å². The number of carbonyl (C=O) groups is 1. The third-order valence-corrected chi connectivity index (χ3v) is 3.89. The van der Waals surface area contributed by atoms with Crippen molar-refractivity contribution in [3.05, 3.63) is 35.3 Å². The number of rotatable bonds is 2. The zero-order valence-corrected chi connectivity index (χ0v) is 11.5. The second kappa shape index (κ2) is 4.50. The molecule has 0 saturated carbocycles. The lowest BCUT2D eigenvalue weighted by atomic mass is 9.94. The Hall–Kier alpha value is -1.16. The van der Waals surface area contributed by atoms with Gasteiger partial charge in [-0.05, 0) is 36.6 Å². The molecule has 1 aliphatic rings. The summed E-state index contributed by atoms with van der Waals surface area (Å²) in [5.74, 6) is -0.0480. The van der Waals surface area contributed by atoms with Crippen molar-refractivity contribution in [2.45, 2.75) is 25.8 Å². The average Bonchev–Trinajstić information content (AvgIpc) is 2.66. The molecule has 0 bridgehead atoms. The lowest BCUT2D eigenvalue weighted by Gasteiger charge is -2.14. The Kier molecular flexibility index (Phi) is 2.98. The van der Waals surface area contributed by atoms with Gasteiger partial charge in [0.15, 0.2) is 5.78 Å². The summed E-state index contributed by atoms with van der Waals surface area (Å²) in [7, 11) is 0. The maximum atomic E-state index is 13.4. The van der Waals surface area contributed by atoms with Crippen LogP contribution in [0.25, 0.3) is 10.9 Å². The molecule has 0 amide bonds. The molecule has 18 heavy (non-hydrogen) atoms. The molecule has 0 atom stereocenters. The van der Waals surface area contributed by atoms with Crippen LogP contribution in [0.5, 0.6) is 0 Å². The number of hydrogen-bond acceptors (Lipinski definition) is 1. The first-order valence-electron chi connectivity index (χ1n) is 6.12. The molecule has 0 aliphatic heterocycles. The topological polar surface area (TPSA) is 22.0 Å². The maximum Gasteiger partial charge on any atom is 0.179 e. The van der Waals surface area contributed by atoms with E-state index in [9.17, 15) is 9.18 Å². The van der Waals surface area contributed by atoms with Gasteiger partial charge in [0.25, 0.3) is 0 Å². The van der Waals surface area contributed by atoms with Crippen LogP contribution in [-0.4, -0.2) is 15.7 Å². The number of ketones is 1. The molecule has 0 spiro atoms. The summed E-state index contributed by atoms with van der Waals surface area (Å²) in [6.07, 6.45) is 2.35. The minimum atomic E-state index is -0.237. The van der Waals surface area contributed by atoms with Gasteiger partial charge >= 0.3 is 0 Å². The van der Waals surface area contributed by atoms with Crippen LogP contribution in [-0.2, 0) is 13.0 Å². The molecular weight excluding hydrogens is 297 g/mol. The molecule has 0 unspecified atom stereocenters. The molecule has 0 N–H and O–H groups in total. The van der Waals surface area contributed by atoms with Gasteiger partial charge in [-0.25, -0.2) is 4.39 Å². The van der Waals surface area contributed by atoms with Crippen LogP contribution < -0.4 is 0 Å². The van der Waals surface area contributed by atoms with E-state index in [1.165, 1.54) is 6.07 Å². The summed E-state index contributed by atoms with van der Waals surface area (Å²) in [4.78, 5) is 12.1. The highest BCUT2D eigenvalue weighted by molar-refractivity contribution is 9.09. The smallest absolute Gasteiger partial charge is 0.179 e. The minimum Gasteiger partial charge on any atom is -0.337 e. The summed E-state index contributed by atoms with van der Waals surface area (Å²) >= 11 is 3.41. The fourth-order valence-corrected chi connectivity index (χ4v) is 3.18. The summed E-state index contributed by atoms with van der Waals surface area (Å²) in [5, 5.41) is 1.69. The first-order valence-corrected chi connectivity index (χ1v) is 7.24. The lowest BCUT2D eigenvalue weighted by Crippen LogP contribution is -2.15. The maximum absolute atomic E-state index is 13.4. The molecule has 2 aromatic rings. The highest BCUT2D eigenvalue weighted by atomic mass is 79.9. The van der Waals surface area contributed by atoms with Gasteiger partial charge in [0.1, 0.15) is 5.82 Å². The highest BCUT2D eigenvalue weighted by Crippen LogP contribution is 2.32. The Morgan fingerprint density at radius 3 is 2.94 bits per heavy atom. The number of Topliss-reactive ketones (excluding diaryl/α,β-unsaturated/α-hetero) is 1. The predicted molar refractivity (Wildman–Crippen MR) is 73.0 cm³/mol. The number of aromatic nitrogens is 1. The van der Waals surface area contributed by atoms with E-state index in [0.717, 1.165) is 46.9 Å². The summed E-state index contributed by atoms with van der Waals surface area (Å²) in [6, 6.07) is 4.79. The van der Waals surface area contributed by atoms with Crippen molar-refractivity contribution in [2.24, 2.45) is 0 Å². The van der Waals surface area contributed by atoms with Crippen LogP contribution in [0.4, 0.5) is 4.39 Å².